The number of benzene rings is 2. The first kappa shape index (κ1) is 18.5. The van der Waals surface area contributed by atoms with Gasteiger partial charge in [-0.25, -0.2) is 4.39 Å². The third kappa shape index (κ3) is 3.38. The number of carboxylic acid groups (broad SMARTS) is 1. The summed E-state index contributed by atoms with van der Waals surface area (Å²) >= 11 is 0. The van der Waals surface area contributed by atoms with E-state index in [9.17, 15) is 19.4 Å². The topological polar surface area (TPSA) is 76.0 Å². The van der Waals surface area contributed by atoms with E-state index < -0.39 is 11.8 Å². The van der Waals surface area contributed by atoms with Crippen LogP contribution in [0.5, 0.6) is 17.2 Å². The molecule has 0 aliphatic heterocycles. The van der Waals surface area contributed by atoms with Crippen molar-refractivity contribution in [2.75, 3.05) is 14.2 Å². The first-order valence-corrected chi connectivity index (χ1v) is 8.24. The summed E-state index contributed by atoms with van der Waals surface area (Å²) in [5.74, 6) is -0.987. The van der Waals surface area contributed by atoms with Crippen LogP contribution >= 0.6 is 0 Å². The van der Waals surface area contributed by atoms with Crippen LogP contribution in [0.25, 0.3) is 17.2 Å². The maximum atomic E-state index is 13.7. The molecule has 0 saturated heterocycles. The maximum Gasteiger partial charge on any atom is 0.307 e. The molecule has 0 amide bonds. The minimum atomic E-state index is -0.978. The van der Waals surface area contributed by atoms with Gasteiger partial charge in [0.1, 0.15) is 5.82 Å². The number of aliphatic carboxylic acids is 1. The van der Waals surface area contributed by atoms with Gasteiger partial charge in [0.2, 0.25) is 5.75 Å². The number of methoxy groups -OCH3 is 2. The van der Waals surface area contributed by atoms with E-state index in [0.717, 1.165) is 16.7 Å². The molecule has 27 heavy (non-hydrogen) atoms. The van der Waals surface area contributed by atoms with Crippen molar-refractivity contribution in [3.8, 4) is 17.2 Å². The molecule has 0 aromatic heterocycles. The number of fused-ring (bicyclic) bond motifs is 1. The number of hydrogen-bond donors (Lipinski definition) is 2. The molecule has 0 bridgehead atoms. The number of ether oxygens (including phenoxy) is 2. The molecule has 0 spiro atoms. The van der Waals surface area contributed by atoms with E-state index in [1.54, 1.807) is 18.2 Å². The van der Waals surface area contributed by atoms with E-state index in [2.05, 4.69) is 0 Å². The van der Waals surface area contributed by atoms with E-state index in [1.165, 1.54) is 26.4 Å². The molecule has 2 N–H and O–H groups in total. The third-order valence-corrected chi connectivity index (χ3v) is 4.59. The molecule has 0 heterocycles. The standard InChI is InChI=1S/C21H19FO5/c1-11-15(6-12-7-18(26-2)21(25)19(8-12)27-3)14-5-4-13(22)9-17(14)16(11)10-20(23)24/h4-9,25H,10H2,1-3H3,(H,23,24). The van der Waals surface area contributed by atoms with Gasteiger partial charge in [-0.2, -0.15) is 0 Å². The lowest BCUT2D eigenvalue weighted by Gasteiger charge is -2.11. The first-order chi connectivity index (χ1) is 12.8. The van der Waals surface area contributed by atoms with Crippen LogP contribution in [-0.2, 0) is 4.79 Å². The van der Waals surface area contributed by atoms with Crippen LogP contribution in [0.1, 0.15) is 30.0 Å². The molecule has 2 aromatic rings. The molecule has 6 heteroatoms. The summed E-state index contributed by atoms with van der Waals surface area (Å²) in [6, 6.07) is 7.65. The van der Waals surface area contributed by atoms with E-state index in [4.69, 9.17) is 9.47 Å². The lowest BCUT2D eigenvalue weighted by atomic mass is 10.00. The Morgan fingerprint density at radius 2 is 1.74 bits per heavy atom. The SMILES string of the molecule is COc1cc(C=C2C(C)=C(CC(=O)O)c3cc(F)ccc32)cc(OC)c1O. The van der Waals surface area contributed by atoms with Gasteiger partial charge in [0.05, 0.1) is 20.6 Å². The Morgan fingerprint density at radius 1 is 1.11 bits per heavy atom. The summed E-state index contributed by atoms with van der Waals surface area (Å²) in [6.45, 7) is 1.82. The Morgan fingerprint density at radius 3 is 2.30 bits per heavy atom. The summed E-state index contributed by atoms with van der Waals surface area (Å²) in [5, 5.41) is 19.3. The Bertz CT molecular complexity index is 963. The number of carboxylic acids is 1. The minimum absolute atomic E-state index is 0.102. The molecule has 1 aliphatic carbocycles. The molecular weight excluding hydrogens is 351 g/mol. The van der Waals surface area contributed by atoms with Crippen molar-refractivity contribution in [3.63, 3.8) is 0 Å². The van der Waals surface area contributed by atoms with Crippen molar-refractivity contribution in [2.45, 2.75) is 13.3 Å². The normalized spacial score (nSPS) is 14.4. The molecule has 0 atom stereocenters. The lowest BCUT2D eigenvalue weighted by molar-refractivity contribution is -0.135. The molecule has 2 aromatic carbocycles. The highest BCUT2D eigenvalue weighted by molar-refractivity contribution is 6.07. The highest BCUT2D eigenvalue weighted by Crippen LogP contribution is 2.45. The molecule has 0 fully saturated rings. The summed E-state index contributed by atoms with van der Waals surface area (Å²) in [7, 11) is 2.88. The molecule has 140 valence electrons. The summed E-state index contributed by atoms with van der Waals surface area (Å²) in [6.07, 6.45) is 1.65. The van der Waals surface area contributed by atoms with Crippen LogP contribution < -0.4 is 9.47 Å². The molecule has 5 nitrogen and oxygen atoms in total. The monoisotopic (exact) mass is 370 g/mol. The van der Waals surface area contributed by atoms with Gasteiger partial charge >= 0.3 is 5.97 Å². The van der Waals surface area contributed by atoms with Gasteiger partial charge < -0.3 is 19.7 Å². The molecule has 3 rings (SSSR count). The van der Waals surface area contributed by atoms with Crippen LogP contribution in [0.4, 0.5) is 4.39 Å². The van der Waals surface area contributed by atoms with Crippen LogP contribution in [-0.4, -0.2) is 30.4 Å². The lowest BCUT2D eigenvalue weighted by Crippen LogP contribution is -1.97. The Balaban J connectivity index is 2.19. The minimum Gasteiger partial charge on any atom is -0.502 e. The van der Waals surface area contributed by atoms with Gasteiger partial charge in [0, 0.05) is 0 Å². The zero-order valence-electron chi connectivity index (χ0n) is 15.2. The molecule has 1 aliphatic rings. The third-order valence-electron chi connectivity index (χ3n) is 4.59. The summed E-state index contributed by atoms with van der Waals surface area (Å²) < 4.78 is 24.1. The number of carbonyl (C=O) groups is 1. The first-order valence-electron chi connectivity index (χ1n) is 8.24. The van der Waals surface area contributed by atoms with Gasteiger partial charge in [-0.15, -0.1) is 0 Å². The molecule has 0 radical (unpaired) electrons. The number of allylic oxidation sites excluding steroid dienone is 2. The predicted octanol–water partition coefficient (Wildman–Crippen LogP) is 4.35. The Labute approximate surface area is 156 Å². The zero-order valence-corrected chi connectivity index (χ0v) is 15.2. The second-order valence-corrected chi connectivity index (χ2v) is 6.20. The van der Waals surface area contributed by atoms with Gasteiger partial charge in [-0.05, 0) is 70.7 Å². The van der Waals surface area contributed by atoms with Crippen LogP contribution in [0.15, 0.2) is 35.9 Å². The van der Waals surface area contributed by atoms with Crippen molar-refractivity contribution in [2.24, 2.45) is 0 Å². The van der Waals surface area contributed by atoms with E-state index in [-0.39, 0.29) is 23.7 Å². The van der Waals surface area contributed by atoms with Crippen LogP contribution in [0.3, 0.4) is 0 Å². The molecule has 0 unspecified atom stereocenters. The van der Waals surface area contributed by atoms with Crippen molar-refractivity contribution < 1.29 is 28.9 Å². The second-order valence-electron chi connectivity index (χ2n) is 6.20. The van der Waals surface area contributed by atoms with Gasteiger partial charge in [0.25, 0.3) is 0 Å². The Kier molecular flexibility index (Phi) is 4.90. The average molecular weight is 370 g/mol. The summed E-state index contributed by atoms with van der Waals surface area (Å²) in [5.41, 5.74) is 4.18. The fourth-order valence-corrected chi connectivity index (χ4v) is 3.30. The van der Waals surface area contributed by atoms with Gasteiger partial charge in [-0.3, -0.25) is 4.79 Å². The van der Waals surface area contributed by atoms with Gasteiger partial charge in [-0.1, -0.05) is 6.07 Å². The number of rotatable bonds is 5. The van der Waals surface area contributed by atoms with E-state index in [1.807, 2.05) is 13.0 Å². The van der Waals surface area contributed by atoms with E-state index in [0.29, 0.717) is 16.7 Å². The number of hydrogen-bond acceptors (Lipinski definition) is 4. The quantitative estimate of drug-likeness (QED) is 0.818. The van der Waals surface area contributed by atoms with Crippen LogP contribution in [0.2, 0.25) is 0 Å². The number of phenols is 1. The van der Waals surface area contributed by atoms with Crippen molar-refractivity contribution in [3.05, 3.63) is 58.4 Å². The second kappa shape index (κ2) is 7.15. The predicted molar refractivity (Wildman–Crippen MR) is 100 cm³/mol. The fraction of sp³-hybridized carbons (Fsp3) is 0.190. The van der Waals surface area contributed by atoms with Crippen LogP contribution in [0, 0.1) is 5.82 Å². The van der Waals surface area contributed by atoms with Crippen molar-refractivity contribution >= 4 is 23.2 Å². The highest BCUT2D eigenvalue weighted by atomic mass is 19.1. The van der Waals surface area contributed by atoms with Gasteiger partial charge in [0.15, 0.2) is 11.5 Å². The van der Waals surface area contributed by atoms with E-state index >= 15 is 0 Å². The maximum absolute atomic E-state index is 13.7. The Hall–Kier alpha value is -3.28. The largest absolute Gasteiger partial charge is 0.502 e. The zero-order chi connectivity index (χ0) is 19.7. The summed E-state index contributed by atoms with van der Waals surface area (Å²) in [4.78, 5) is 11.3. The average Bonchev–Trinajstić information content (AvgIpc) is 2.87. The molecular formula is C21H19FO5. The number of aromatic hydroxyl groups is 1. The number of halogens is 1. The highest BCUT2D eigenvalue weighted by Gasteiger charge is 2.26. The number of phenolic OH excluding ortho intramolecular Hbond substituents is 1. The fourth-order valence-electron chi connectivity index (χ4n) is 3.30. The van der Waals surface area contributed by atoms with Crippen molar-refractivity contribution in [1.29, 1.82) is 0 Å². The van der Waals surface area contributed by atoms with Crippen molar-refractivity contribution in [1.82, 2.24) is 0 Å². The smallest absolute Gasteiger partial charge is 0.307 e. The molecule has 0 saturated carbocycles.